The lowest BCUT2D eigenvalue weighted by Gasteiger charge is -2.10. The third-order valence-electron chi connectivity index (χ3n) is 2.67. The highest BCUT2D eigenvalue weighted by Gasteiger charge is 2.43. The van der Waals surface area contributed by atoms with Crippen LogP contribution in [0.5, 0.6) is 0 Å². The van der Waals surface area contributed by atoms with Crippen LogP contribution >= 0.6 is 0 Å². The number of pyridine rings is 1. The van der Waals surface area contributed by atoms with Crippen LogP contribution in [0.1, 0.15) is 0 Å². The lowest BCUT2D eigenvalue weighted by Crippen LogP contribution is -2.38. The first-order chi connectivity index (χ1) is 9.54. The molecule has 1 N–H and O–H groups in total. The van der Waals surface area contributed by atoms with Gasteiger partial charge in [-0.3, -0.25) is 9.59 Å². The normalized spacial score (nSPS) is 17.7. The lowest BCUT2D eigenvalue weighted by atomic mass is 10.0. The van der Waals surface area contributed by atoms with E-state index in [4.69, 9.17) is 0 Å². The second kappa shape index (κ2) is 5.47. The molecular weight excluding hydrogens is 264 g/mol. The summed E-state index contributed by atoms with van der Waals surface area (Å²) in [6, 6.07) is 4.93. The highest BCUT2D eigenvalue weighted by atomic mass is 16.5. The average molecular weight is 276 g/mol. The van der Waals surface area contributed by atoms with Crippen LogP contribution in [0.3, 0.4) is 0 Å². The summed E-state index contributed by atoms with van der Waals surface area (Å²) < 4.78 is 4.52. The number of hydrogen-bond donors (Lipinski definition) is 1. The Morgan fingerprint density at radius 2 is 2.15 bits per heavy atom. The molecule has 2 rings (SSSR count). The van der Waals surface area contributed by atoms with Gasteiger partial charge in [0, 0.05) is 13.2 Å². The van der Waals surface area contributed by atoms with Crippen molar-refractivity contribution in [2.45, 2.75) is 0 Å². The third-order valence-corrected chi connectivity index (χ3v) is 2.67. The van der Waals surface area contributed by atoms with E-state index < -0.39 is 23.7 Å². The fourth-order valence-electron chi connectivity index (χ4n) is 1.71. The van der Waals surface area contributed by atoms with Crippen LogP contribution in [-0.2, 0) is 19.1 Å². The third kappa shape index (κ3) is 2.48. The maximum atomic E-state index is 12.1. The number of carbonyl (C=O) groups excluding carboxylic acids is 3. The SMILES string of the molecule is COC(=O)C1=NN(C)C(=O)C1C(=O)Nc1ccccn1. The molecule has 2 amide bonds. The number of anilines is 1. The first-order valence-corrected chi connectivity index (χ1v) is 5.71. The first-order valence-electron chi connectivity index (χ1n) is 5.71. The molecule has 1 aromatic rings. The molecular formula is C12H12N4O4. The number of rotatable bonds is 3. The van der Waals surface area contributed by atoms with Crippen LogP contribution in [0.4, 0.5) is 5.82 Å². The minimum Gasteiger partial charge on any atom is -0.464 e. The molecule has 104 valence electrons. The Bertz CT molecular complexity index is 584. The van der Waals surface area contributed by atoms with Gasteiger partial charge in [-0.1, -0.05) is 6.07 Å². The summed E-state index contributed by atoms with van der Waals surface area (Å²) >= 11 is 0. The van der Waals surface area contributed by atoms with Crippen molar-refractivity contribution in [2.75, 3.05) is 19.5 Å². The van der Waals surface area contributed by atoms with Crippen molar-refractivity contribution in [1.29, 1.82) is 0 Å². The van der Waals surface area contributed by atoms with Gasteiger partial charge in [0.2, 0.25) is 5.91 Å². The molecule has 0 spiro atoms. The molecule has 1 atom stereocenters. The second-order valence-corrected chi connectivity index (χ2v) is 3.98. The largest absolute Gasteiger partial charge is 0.464 e. The number of hydrogen-bond acceptors (Lipinski definition) is 6. The molecule has 0 aromatic carbocycles. The maximum Gasteiger partial charge on any atom is 0.355 e. The van der Waals surface area contributed by atoms with E-state index in [1.54, 1.807) is 18.2 Å². The Hall–Kier alpha value is -2.77. The van der Waals surface area contributed by atoms with Crippen molar-refractivity contribution in [3.8, 4) is 0 Å². The lowest BCUT2D eigenvalue weighted by molar-refractivity contribution is -0.137. The van der Waals surface area contributed by atoms with E-state index >= 15 is 0 Å². The summed E-state index contributed by atoms with van der Waals surface area (Å²) in [5.74, 6) is -3.14. The molecule has 2 heterocycles. The molecule has 8 nitrogen and oxygen atoms in total. The molecule has 1 aromatic heterocycles. The molecule has 0 radical (unpaired) electrons. The topological polar surface area (TPSA) is 101 Å². The van der Waals surface area contributed by atoms with Crippen molar-refractivity contribution in [3.05, 3.63) is 24.4 Å². The number of methoxy groups -OCH3 is 1. The molecule has 1 unspecified atom stereocenters. The van der Waals surface area contributed by atoms with Gasteiger partial charge in [0.05, 0.1) is 7.11 Å². The molecule has 1 aliphatic heterocycles. The van der Waals surface area contributed by atoms with E-state index in [2.05, 4.69) is 20.1 Å². The number of amides is 2. The Kier molecular flexibility index (Phi) is 3.74. The summed E-state index contributed by atoms with van der Waals surface area (Å²) in [6.07, 6.45) is 1.49. The second-order valence-electron chi connectivity index (χ2n) is 3.98. The maximum absolute atomic E-state index is 12.1. The summed E-state index contributed by atoms with van der Waals surface area (Å²) in [5, 5.41) is 7.13. The number of ether oxygens (including phenoxy) is 1. The van der Waals surface area contributed by atoms with E-state index in [1.807, 2.05) is 0 Å². The van der Waals surface area contributed by atoms with Gasteiger partial charge in [0.1, 0.15) is 5.82 Å². The van der Waals surface area contributed by atoms with Gasteiger partial charge in [-0.05, 0) is 12.1 Å². The van der Waals surface area contributed by atoms with Crippen LogP contribution in [0.25, 0.3) is 0 Å². The summed E-state index contributed by atoms with van der Waals surface area (Å²) in [4.78, 5) is 39.5. The number of hydrazone groups is 1. The molecule has 0 bridgehead atoms. The zero-order chi connectivity index (χ0) is 14.7. The van der Waals surface area contributed by atoms with Crippen LogP contribution in [-0.4, -0.2) is 47.6 Å². The van der Waals surface area contributed by atoms with E-state index in [9.17, 15) is 14.4 Å². The van der Waals surface area contributed by atoms with Gasteiger partial charge in [-0.2, -0.15) is 5.10 Å². The Balaban J connectivity index is 2.21. The smallest absolute Gasteiger partial charge is 0.355 e. The quantitative estimate of drug-likeness (QED) is 0.600. The molecule has 20 heavy (non-hydrogen) atoms. The van der Waals surface area contributed by atoms with Crippen molar-refractivity contribution in [3.63, 3.8) is 0 Å². The van der Waals surface area contributed by atoms with Crippen molar-refractivity contribution in [2.24, 2.45) is 11.0 Å². The zero-order valence-corrected chi connectivity index (χ0v) is 10.9. The number of nitrogens with one attached hydrogen (secondary N) is 1. The van der Waals surface area contributed by atoms with Crippen LogP contribution in [0.15, 0.2) is 29.5 Å². The summed E-state index contributed by atoms with van der Waals surface area (Å²) in [7, 11) is 2.51. The van der Waals surface area contributed by atoms with Gasteiger partial charge < -0.3 is 10.1 Å². The summed E-state index contributed by atoms with van der Waals surface area (Å²) in [6.45, 7) is 0. The van der Waals surface area contributed by atoms with Crippen LogP contribution in [0.2, 0.25) is 0 Å². The number of nitrogens with zero attached hydrogens (tertiary/aromatic N) is 3. The molecule has 0 fully saturated rings. The molecule has 0 aliphatic carbocycles. The molecule has 8 heteroatoms. The van der Waals surface area contributed by atoms with E-state index in [0.717, 1.165) is 12.1 Å². The van der Waals surface area contributed by atoms with Crippen molar-refractivity contribution in [1.82, 2.24) is 9.99 Å². The summed E-state index contributed by atoms with van der Waals surface area (Å²) in [5.41, 5.74) is -0.242. The fraction of sp³-hybridized carbons (Fsp3) is 0.250. The minimum atomic E-state index is -1.32. The van der Waals surface area contributed by atoms with Crippen LogP contribution < -0.4 is 5.32 Å². The standard InChI is InChI=1S/C12H12N4O4/c1-16-11(18)8(9(15-16)12(19)20-2)10(17)14-7-5-3-4-6-13-7/h3-6,8H,1-2H3,(H,13,14,17). The van der Waals surface area contributed by atoms with Gasteiger partial charge in [0.15, 0.2) is 11.6 Å². The average Bonchev–Trinajstić information content (AvgIpc) is 2.75. The Labute approximate surface area is 114 Å². The highest BCUT2D eigenvalue weighted by Crippen LogP contribution is 2.17. The minimum absolute atomic E-state index is 0.242. The first kappa shape index (κ1) is 13.7. The van der Waals surface area contributed by atoms with Crippen LogP contribution in [0, 0.1) is 5.92 Å². The van der Waals surface area contributed by atoms with E-state index in [-0.39, 0.29) is 11.5 Å². The number of aromatic nitrogens is 1. The molecule has 0 saturated heterocycles. The Morgan fingerprint density at radius 3 is 2.75 bits per heavy atom. The highest BCUT2D eigenvalue weighted by molar-refractivity contribution is 6.47. The van der Waals surface area contributed by atoms with Gasteiger partial charge in [0.25, 0.3) is 5.91 Å². The van der Waals surface area contributed by atoms with Gasteiger partial charge in [-0.15, -0.1) is 0 Å². The van der Waals surface area contributed by atoms with Gasteiger partial charge >= 0.3 is 5.97 Å². The zero-order valence-electron chi connectivity index (χ0n) is 10.9. The predicted molar refractivity (Wildman–Crippen MR) is 68.6 cm³/mol. The Morgan fingerprint density at radius 1 is 1.40 bits per heavy atom. The molecule has 0 saturated carbocycles. The predicted octanol–water partition coefficient (Wildman–Crippen LogP) is -0.363. The molecule has 1 aliphatic rings. The fourth-order valence-corrected chi connectivity index (χ4v) is 1.71. The van der Waals surface area contributed by atoms with E-state index in [1.165, 1.54) is 13.2 Å². The number of carbonyl (C=O) groups is 3. The van der Waals surface area contributed by atoms with Gasteiger partial charge in [-0.25, -0.2) is 14.8 Å². The van der Waals surface area contributed by atoms with Crippen molar-refractivity contribution >= 4 is 29.3 Å². The monoisotopic (exact) mass is 276 g/mol. The number of esters is 1. The van der Waals surface area contributed by atoms with E-state index in [0.29, 0.717) is 0 Å². The van der Waals surface area contributed by atoms with Crippen molar-refractivity contribution < 1.29 is 19.1 Å².